The molecule has 19 heavy (non-hydrogen) atoms. The van der Waals surface area contributed by atoms with Crippen molar-refractivity contribution in [3.63, 3.8) is 0 Å². The first-order valence-corrected chi connectivity index (χ1v) is 5.85. The van der Waals surface area contributed by atoms with E-state index in [4.69, 9.17) is 9.84 Å². The first-order chi connectivity index (χ1) is 8.92. The number of esters is 1. The molecule has 1 aromatic heterocycles. The minimum absolute atomic E-state index is 0.00546. The highest BCUT2D eigenvalue weighted by Gasteiger charge is 2.28. The number of hydrogen-bond donors (Lipinski definition) is 1. The van der Waals surface area contributed by atoms with Gasteiger partial charge < -0.3 is 14.6 Å². The molecule has 0 spiro atoms. The van der Waals surface area contributed by atoms with Crippen LogP contribution in [0.2, 0.25) is 0 Å². The van der Waals surface area contributed by atoms with E-state index in [-0.39, 0.29) is 21.2 Å². The largest absolute Gasteiger partial charge is 0.493 e. The van der Waals surface area contributed by atoms with Crippen molar-refractivity contribution >= 4 is 29.0 Å². The molecule has 8 nitrogen and oxygen atoms in total. The summed E-state index contributed by atoms with van der Waals surface area (Å²) in [6.45, 7) is 0. The van der Waals surface area contributed by atoms with Crippen LogP contribution in [0.1, 0.15) is 19.3 Å². The molecule has 0 unspecified atom stereocenters. The fraction of sp³-hybridized carbons (Fsp3) is 0.400. The number of methoxy groups -OCH3 is 2. The Balaban J connectivity index is 3.43. The van der Waals surface area contributed by atoms with E-state index in [1.807, 2.05) is 0 Å². The third kappa shape index (κ3) is 3.19. The van der Waals surface area contributed by atoms with Gasteiger partial charge in [-0.3, -0.25) is 5.01 Å². The quantitative estimate of drug-likeness (QED) is 0.503. The fourth-order valence-electron chi connectivity index (χ4n) is 1.19. The number of nitrogens with zero attached hydrogens (tertiary/aromatic N) is 3. The predicted molar refractivity (Wildman–Crippen MR) is 67.4 cm³/mol. The molecule has 1 heterocycles. The Labute approximate surface area is 113 Å². The van der Waals surface area contributed by atoms with Gasteiger partial charge in [0.1, 0.15) is 4.88 Å². The fourth-order valence-corrected chi connectivity index (χ4v) is 2.15. The molecule has 9 heteroatoms. The second-order valence-corrected chi connectivity index (χ2v) is 4.50. The van der Waals surface area contributed by atoms with E-state index < -0.39 is 11.9 Å². The number of hydrogen-bond acceptors (Lipinski definition) is 7. The highest BCUT2D eigenvalue weighted by atomic mass is 32.1. The third-order valence-electron chi connectivity index (χ3n) is 1.93. The van der Waals surface area contributed by atoms with Gasteiger partial charge >= 0.3 is 11.9 Å². The second kappa shape index (κ2) is 6.14. The average Bonchev–Trinajstić information content (AvgIpc) is 2.73. The van der Waals surface area contributed by atoms with E-state index >= 15 is 0 Å². The summed E-state index contributed by atoms with van der Waals surface area (Å²) in [4.78, 5) is 22.6. The van der Waals surface area contributed by atoms with Crippen molar-refractivity contribution in [2.45, 2.75) is 0 Å². The molecule has 0 aliphatic heterocycles. The van der Waals surface area contributed by atoms with E-state index in [9.17, 15) is 9.59 Å². The van der Waals surface area contributed by atoms with Gasteiger partial charge in [-0.05, 0) is 0 Å². The molecule has 0 atom stereocenters. The molecule has 1 N–H and O–H groups in total. The molecular formula is C10H13N3O5S. The van der Waals surface area contributed by atoms with Crippen LogP contribution in [0.4, 0.5) is 5.69 Å². The van der Waals surface area contributed by atoms with Crippen LogP contribution in [-0.2, 0) is 4.74 Å². The maximum atomic E-state index is 11.6. The molecule has 0 saturated heterocycles. The molecule has 0 fully saturated rings. The average molecular weight is 287 g/mol. The van der Waals surface area contributed by atoms with Gasteiger partial charge in [-0.2, -0.15) is 0 Å². The van der Waals surface area contributed by atoms with Crippen molar-refractivity contribution in [2.24, 2.45) is 10.3 Å². The summed E-state index contributed by atoms with van der Waals surface area (Å²) in [5.41, 5.74) is -0.00546. The van der Waals surface area contributed by atoms with Crippen molar-refractivity contribution in [3.8, 4) is 5.75 Å². The normalized spacial score (nSPS) is 10.5. The molecule has 1 aromatic rings. The number of carbonyl (C=O) groups excluding carboxylic acids is 1. The molecule has 104 valence electrons. The summed E-state index contributed by atoms with van der Waals surface area (Å²) in [7, 11) is 5.77. The van der Waals surface area contributed by atoms with Crippen LogP contribution in [0.3, 0.4) is 0 Å². The Hall–Kier alpha value is -2.16. The van der Waals surface area contributed by atoms with E-state index in [0.717, 1.165) is 11.3 Å². The second-order valence-electron chi connectivity index (χ2n) is 3.48. The lowest BCUT2D eigenvalue weighted by Gasteiger charge is -2.03. The predicted octanol–water partition coefficient (Wildman–Crippen LogP) is 1.80. The van der Waals surface area contributed by atoms with Gasteiger partial charge in [-0.25, -0.2) is 9.59 Å². The summed E-state index contributed by atoms with van der Waals surface area (Å²) >= 11 is 0.732. The maximum Gasteiger partial charge on any atom is 0.352 e. The van der Waals surface area contributed by atoms with Crippen molar-refractivity contribution < 1.29 is 24.2 Å². The van der Waals surface area contributed by atoms with E-state index in [1.165, 1.54) is 19.2 Å². The lowest BCUT2D eigenvalue weighted by molar-refractivity contribution is 0.0602. The van der Waals surface area contributed by atoms with Crippen LogP contribution < -0.4 is 4.74 Å². The standard InChI is InChI=1S/C10H13N3O5S/c1-13(2)12-11-5-6(17-3)8(10(16)18-4)19-7(5)9(14)15/h1-4H3,(H,14,15). The van der Waals surface area contributed by atoms with Crippen LogP contribution in [0.5, 0.6) is 5.75 Å². The van der Waals surface area contributed by atoms with Crippen molar-refractivity contribution in [2.75, 3.05) is 28.3 Å². The van der Waals surface area contributed by atoms with Crippen LogP contribution in [-0.4, -0.2) is 50.4 Å². The summed E-state index contributed by atoms with van der Waals surface area (Å²) in [6.07, 6.45) is 0. The molecule has 0 aromatic carbocycles. The first-order valence-electron chi connectivity index (χ1n) is 5.03. The molecule has 0 bridgehead atoms. The number of carbonyl (C=O) groups is 2. The topological polar surface area (TPSA) is 101 Å². The number of aromatic carboxylic acids is 1. The monoisotopic (exact) mass is 287 g/mol. The number of rotatable bonds is 5. The van der Waals surface area contributed by atoms with Gasteiger partial charge in [0.15, 0.2) is 16.3 Å². The number of carboxylic acid groups (broad SMARTS) is 1. The Bertz CT molecular complexity index is 523. The summed E-state index contributed by atoms with van der Waals surface area (Å²) in [5.74, 6) is -1.86. The minimum Gasteiger partial charge on any atom is -0.493 e. The zero-order chi connectivity index (χ0) is 14.6. The van der Waals surface area contributed by atoms with Crippen molar-refractivity contribution in [1.82, 2.24) is 5.01 Å². The molecule has 0 amide bonds. The summed E-state index contributed by atoms with van der Waals surface area (Å²) in [6, 6.07) is 0. The van der Waals surface area contributed by atoms with Gasteiger partial charge in [0.25, 0.3) is 0 Å². The Morgan fingerprint density at radius 3 is 2.32 bits per heavy atom. The number of ether oxygens (including phenoxy) is 2. The molecule has 0 aliphatic rings. The molecule has 0 saturated carbocycles. The zero-order valence-electron chi connectivity index (χ0n) is 10.8. The van der Waals surface area contributed by atoms with E-state index in [0.29, 0.717) is 0 Å². The lowest BCUT2D eigenvalue weighted by atomic mass is 10.3. The van der Waals surface area contributed by atoms with Crippen molar-refractivity contribution in [3.05, 3.63) is 9.75 Å². The van der Waals surface area contributed by atoms with Crippen LogP contribution >= 0.6 is 11.3 Å². The first kappa shape index (κ1) is 14.9. The van der Waals surface area contributed by atoms with Gasteiger partial charge in [0.2, 0.25) is 0 Å². The summed E-state index contributed by atoms with van der Waals surface area (Å²) < 4.78 is 9.60. The molecule has 0 aliphatic carbocycles. The molecule has 1 rings (SSSR count). The lowest BCUT2D eigenvalue weighted by Crippen LogP contribution is -2.01. The van der Waals surface area contributed by atoms with Gasteiger partial charge in [-0.15, -0.1) is 16.5 Å². The highest BCUT2D eigenvalue weighted by Crippen LogP contribution is 2.42. The smallest absolute Gasteiger partial charge is 0.352 e. The highest BCUT2D eigenvalue weighted by molar-refractivity contribution is 7.16. The zero-order valence-corrected chi connectivity index (χ0v) is 11.6. The van der Waals surface area contributed by atoms with Crippen molar-refractivity contribution in [1.29, 1.82) is 0 Å². The van der Waals surface area contributed by atoms with Gasteiger partial charge in [0, 0.05) is 14.1 Å². The third-order valence-corrected chi connectivity index (χ3v) is 3.06. The van der Waals surface area contributed by atoms with Gasteiger partial charge in [0.05, 0.1) is 14.2 Å². The van der Waals surface area contributed by atoms with E-state index in [1.54, 1.807) is 14.1 Å². The summed E-state index contributed by atoms with van der Waals surface area (Å²) in [5, 5.41) is 18.0. The number of thiophene rings is 1. The van der Waals surface area contributed by atoms with Crippen LogP contribution in [0.15, 0.2) is 10.3 Å². The maximum absolute atomic E-state index is 11.6. The molecule has 0 radical (unpaired) electrons. The number of carboxylic acids is 1. The van der Waals surface area contributed by atoms with Crippen LogP contribution in [0.25, 0.3) is 0 Å². The van der Waals surface area contributed by atoms with Gasteiger partial charge in [-0.1, -0.05) is 5.22 Å². The Kier molecular flexibility index (Phi) is 4.81. The molecular weight excluding hydrogens is 274 g/mol. The van der Waals surface area contributed by atoms with Crippen LogP contribution in [0, 0.1) is 0 Å². The Morgan fingerprint density at radius 1 is 1.26 bits per heavy atom. The Morgan fingerprint density at radius 2 is 1.89 bits per heavy atom. The SMILES string of the molecule is COC(=O)c1sc(C(=O)O)c(N=NN(C)C)c1OC. The van der Waals surface area contributed by atoms with E-state index in [2.05, 4.69) is 15.1 Å². The minimum atomic E-state index is -1.22.